The van der Waals surface area contributed by atoms with Crippen molar-refractivity contribution in [3.63, 3.8) is 0 Å². The molecule has 0 aromatic carbocycles. The van der Waals surface area contributed by atoms with E-state index < -0.39 is 5.97 Å². The van der Waals surface area contributed by atoms with Crippen LogP contribution >= 0.6 is 0 Å². The highest BCUT2D eigenvalue weighted by molar-refractivity contribution is 5.87. The topological polar surface area (TPSA) is 64.1 Å². The number of hydrogen-bond acceptors (Lipinski definition) is 5. The van der Waals surface area contributed by atoms with E-state index in [0.717, 1.165) is 18.8 Å². The number of aromatic nitrogens is 2. The molecule has 0 radical (unpaired) electrons. The van der Waals surface area contributed by atoms with Gasteiger partial charge in [-0.25, -0.2) is 9.78 Å². The van der Waals surface area contributed by atoms with Gasteiger partial charge in [0.05, 0.1) is 19.5 Å². The second-order valence-electron chi connectivity index (χ2n) is 4.54. The summed E-state index contributed by atoms with van der Waals surface area (Å²) in [7, 11) is 1.34. The first-order chi connectivity index (χ1) is 8.19. The number of rotatable bonds is 3. The molecular formula is C12H17N3O2. The quantitative estimate of drug-likeness (QED) is 0.810. The van der Waals surface area contributed by atoms with Crippen LogP contribution in [0.5, 0.6) is 0 Å². The minimum absolute atomic E-state index is 0.239. The average molecular weight is 235 g/mol. The van der Waals surface area contributed by atoms with Gasteiger partial charge in [-0.3, -0.25) is 4.98 Å². The molecule has 0 aliphatic heterocycles. The molecule has 1 aromatic heterocycles. The van der Waals surface area contributed by atoms with Crippen LogP contribution in [0.4, 0.5) is 5.82 Å². The highest BCUT2D eigenvalue weighted by Gasteiger charge is 2.21. The lowest BCUT2D eigenvalue weighted by atomic mass is 10.1. The predicted octanol–water partition coefficient (Wildman–Crippen LogP) is 1.86. The second kappa shape index (κ2) is 5.12. The first-order valence-corrected chi connectivity index (χ1v) is 5.86. The third-order valence-electron chi connectivity index (χ3n) is 3.08. The van der Waals surface area contributed by atoms with E-state index in [-0.39, 0.29) is 5.69 Å². The second-order valence-corrected chi connectivity index (χ2v) is 4.54. The van der Waals surface area contributed by atoms with Gasteiger partial charge in [-0.2, -0.15) is 0 Å². The van der Waals surface area contributed by atoms with Crippen LogP contribution in [0.2, 0.25) is 0 Å². The zero-order valence-corrected chi connectivity index (χ0v) is 10.1. The van der Waals surface area contributed by atoms with Crippen molar-refractivity contribution in [2.45, 2.75) is 32.2 Å². The fraction of sp³-hybridized carbons (Fsp3) is 0.583. The van der Waals surface area contributed by atoms with Gasteiger partial charge in [-0.05, 0) is 25.2 Å². The highest BCUT2D eigenvalue weighted by Crippen LogP contribution is 2.26. The maximum absolute atomic E-state index is 11.3. The Morgan fingerprint density at radius 1 is 1.47 bits per heavy atom. The summed E-state index contributed by atoms with van der Waals surface area (Å²) in [6.45, 7) is 2.25. The number of nitrogens with one attached hydrogen (secondary N) is 1. The molecule has 2 unspecified atom stereocenters. The molecule has 1 fully saturated rings. The minimum atomic E-state index is -0.457. The van der Waals surface area contributed by atoms with E-state index in [2.05, 4.69) is 26.9 Å². The van der Waals surface area contributed by atoms with Gasteiger partial charge < -0.3 is 10.1 Å². The van der Waals surface area contributed by atoms with Gasteiger partial charge in [-0.15, -0.1) is 0 Å². The minimum Gasteiger partial charge on any atom is -0.464 e. The van der Waals surface area contributed by atoms with Gasteiger partial charge in [-0.1, -0.05) is 6.92 Å². The Kier molecular flexibility index (Phi) is 3.56. The Morgan fingerprint density at radius 2 is 2.29 bits per heavy atom. The van der Waals surface area contributed by atoms with Crippen molar-refractivity contribution in [3.8, 4) is 0 Å². The van der Waals surface area contributed by atoms with E-state index >= 15 is 0 Å². The molecule has 0 bridgehead atoms. The van der Waals surface area contributed by atoms with E-state index in [9.17, 15) is 4.79 Å². The van der Waals surface area contributed by atoms with Crippen LogP contribution in [0.3, 0.4) is 0 Å². The van der Waals surface area contributed by atoms with Crippen molar-refractivity contribution in [3.05, 3.63) is 18.1 Å². The molecule has 1 heterocycles. The number of carbonyl (C=O) groups excluding carboxylic acids is 1. The van der Waals surface area contributed by atoms with Crippen molar-refractivity contribution in [1.29, 1.82) is 0 Å². The monoisotopic (exact) mass is 235 g/mol. The van der Waals surface area contributed by atoms with Crippen molar-refractivity contribution in [2.24, 2.45) is 5.92 Å². The van der Waals surface area contributed by atoms with Gasteiger partial charge in [0.15, 0.2) is 5.69 Å². The lowest BCUT2D eigenvalue weighted by Crippen LogP contribution is -2.17. The lowest BCUT2D eigenvalue weighted by molar-refractivity contribution is 0.0593. The molecule has 0 spiro atoms. The maximum Gasteiger partial charge on any atom is 0.358 e. The molecule has 1 N–H and O–H groups in total. The smallest absolute Gasteiger partial charge is 0.358 e. The maximum atomic E-state index is 11.3. The summed E-state index contributed by atoms with van der Waals surface area (Å²) in [5.41, 5.74) is 0.239. The normalized spacial score (nSPS) is 23.4. The molecular weight excluding hydrogens is 218 g/mol. The van der Waals surface area contributed by atoms with Gasteiger partial charge in [0.2, 0.25) is 0 Å². The molecule has 1 aromatic rings. The SMILES string of the molecule is COC(=O)c1cncc(NC2CCC(C)C2)n1. The van der Waals surface area contributed by atoms with Crippen molar-refractivity contribution >= 4 is 11.8 Å². The number of hydrogen-bond donors (Lipinski definition) is 1. The molecule has 2 rings (SSSR count). The molecule has 92 valence electrons. The molecule has 5 heteroatoms. The van der Waals surface area contributed by atoms with Crippen molar-refractivity contribution in [1.82, 2.24) is 9.97 Å². The number of nitrogens with zero attached hydrogens (tertiary/aromatic N) is 2. The van der Waals surface area contributed by atoms with E-state index in [0.29, 0.717) is 11.9 Å². The van der Waals surface area contributed by atoms with Crippen LogP contribution in [-0.2, 0) is 4.74 Å². The Bertz CT molecular complexity index is 408. The zero-order chi connectivity index (χ0) is 12.3. The first kappa shape index (κ1) is 11.8. The van der Waals surface area contributed by atoms with E-state index in [1.54, 1.807) is 6.20 Å². The van der Waals surface area contributed by atoms with E-state index in [1.807, 2.05) is 0 Å². The van der Waals surface area contributed by atoms with Gasteiger partial charge >= 0.3 is 5.97 Å². The number of anilines is 1. The molecule has 1 aliphatic rings. The molecule has 0 amide bonds. The summed E-state index contributed by atoms with van der Waals surface area (Å²) < 4.78 is 4.61. The average Bonchev–Trinajstić information content (AvgIpc) is 2.74. The summed E-state index contributed by atoms with van der Waals surface area (Å²) in [6, 6.07) is 0.437. The van der Waals surface area contributed by atoms with Crippen LogP contribution in [0, 0.1) is 5.92 Å². The number of ether oxygens (including phenoxy) is 1. The number of carbonyl (C=O) groups is 1. The molecule has 5 nitrogen and oxygen atoms in total. The van der Waals surface area contributed by atoms with E-state index in [4.69, 9.17) is 0 Å². The van der Waals surface area contributed by atoms with Gasteiger partial charge in [0, 0.05) is 6.04 Å². The third kappa shape index (κ3) is 2.93. The zero-order valence-electron chi connectivity index (χ0n) is 10.1. The largest absolute Gasteiger partial charge is 0.464 e. The van der Waals surface area contributed by atoms with E-state index in [1.165, 1.54) is 19.7 Å². The molecule has 2 atom stereocenters. The Balaban J connectivity index is 2.03. The van der Waals surface area contributed by atoms with Crippen LogP contribution in [0.1, 0.15) is 36.7 Å². The summed E-state index contributed by atoms with van der Waals surface area (Å²) in [5.74, 6) is 0.942. The molecule has 1 aliphatic carbocycles. The Labute approximate surface area is 101 Å². The lowest BCUT2D eigenvalue weighted by Gasteiger charge is -2.12. The summed E-state index contributed by atoms with van der Waals surface area (Å²) in [4.78, 5) is 19.5. The van der Waals surface area contributed by atoms with Crippen molar-refractivity contribution in [2.75, 3.05) is 12.4 Å². The number of methoxy groups -OCH3 is 1. The van der Waals surface area contributed by atoms with Crippen LogP contribution in [0.15, 0.2) is 12.4 Å². The fourth-order valence-electron chi connectivity index (χ4n) is 2.19. The summed E-state index contributed by atoms with van der Waals surface area (Å²) >= 11 is 0. The third-order valence-corrected chi connectivity index (χ3v) is 3.08. The molecule has 1 saturated carbocycles. The fourth-order valence-corrected chi connectivity index (χ4v) is 2.19. The molecule has 0 saturated heterocycles. The summed E-state index contributed by atoms with van der Waals surface area (Å²) in [5, 5.41) is 3.31. The number of esters is 1. The van der Waals surface area contributed by atoms with Gasteiger partial charge in [0.1, 0.15) is 5.82 Å². The van der Waals surface area contributed by atoms with Crippen LogP contribution in [-0.4, -0.2) is 29.1 Å². The Hall–Kier alpha value is -1.65. The first-order valence-electron chi connectivity index (χ1n) is 5.86. The summed E-state index contributed by atoms with van der Waals surface area (Å²) in [6.07, 6.45) is 6.57. The standard InChI is InChI=1S/C12H17N3O2/c1-8-3-4-9(5-8)14-11-7-13-6-10(15-11)12(16)17-2/h6-9H,3-5H2,1-2H3,(H,14,15). The Morgan fingerprint density at radius 3 is 2.94 bits per heavy atom. The van der Waals surface area contributed by atoms with Crippen molar-refractivity contribution < 1.29 is 9.53 Å². The highest BCUT2D eigenvalue weighted by atomic mass is 16.5. The predicted molar refractivity (Wildman–Crippen MR) is 63.8 cm³/mol. The molecule has 17 heavy (non-hydrogen) atoms. The van der Waals surface area contributed by atoms with Gasteiger partial charge in [0.25, 0.3) is 0 Å². The van der Waals surface area contributed by atoms with Crippen LogP contribution < -0.4 is 5.32 Å². The van der Waals surface area contributed by atoms with Crippen LogP contribution in [0.25, 0.3) is 0 Å².